The van der Waals surface area contributed by atoms with E-state index in [9.17, 15) is 8.42 Å². The molecule has 2 aliphatic heterocycles. The van der Waals surface area contributed by atoms with Crippen LogP contribution in [0, 0.1) is 5.92 Å². The van der Waals surface area contributed by atoms with Crippen molar-refractivity contribution in [3.8, 4) is 0 Å². The molecule has 0 amide bonds. The maximum Gasteiger partial charge on any atom is 0.214 e. The molecule has 2 rings (SSSR count). The number of fused-ring (bicyclic) bond motifs is 1. The first kappa shape index (κ1) is 15.5. The van der Waals surface area contributed by atoms with E-state index in [1.807, 2.05) is 13.8 Å². The summed E-state index contributed by atoms with van der Waals surface area (Å²) in [5, 5.41) is 0. The molecule has 19 heavy (non-hydrogen) atoms. The SMILES string of the molecule is CC(CCl)CS(=O)(=O)N1CC2CCCCN2CC1C. The maximum absolute atomic E-state index is 12.5. The molecule has 2 aliphatic rings. The largest absolute Gasteiger partial charge is 0.297 e. The van der Waals surface area contributed by atoms with Crippen LogP contribution in [0.4, 0.5) is 0 Å². The van der Waals surface area contributed by atoms with Gasteiger partial charge in [0, 0.05) is 31.1 Å². The van der Waals surface area contributed by atoms with Gasteiger partial charge in [-0.25, -0.2) is 8.42 Å². The van der Waals surface area contributed by atoms with Gasteiger partial charge in [-0.3, -0.25) is 4.90 Å². The van der Waals surface area contributed by atoms with Crippen molar-refractivity contribution in [2.24, 2.45) is 5.92 Å². The number of piperidine rings is 1. The Labute approximate surface area is 122 Å². The topological polar surface area (TPSA) is 40.6 Å². The molecule has 0 N–H and O–H groups in total. The molecule has 4 nitrogen and oxygen atoms in total. The minimum atomic E-state index is -3.17. The van der Waals surface area contributed by atoms with Gasteiger partial charge in [-0.2, -0.15) is 4.31 Å². The van der Waals surface area contributed by atoms with Crippen molar-refractivity contribution in [2.75, 3.05) is 31.3 Å². The zero-order valence-corrected chi connectivity index (χ0v) is 13.5. The molecule has 3 unspecified atom stereocenters. The van der Waals surface area contributed by atoms with Gasteiger partial charge in [-0.1, -0.05) is 13.3 Å². The van der Waals surface area contributed by atoms with E-state index in [4.69, 9.17) is 11.6 Å². The number of rotatable bonds is 4. The van der Waals surface area contributed by atoms with Crippen molar-refractivity contribution in [2.45, 2.75) is 45.2 Å². The highest BCUT2D eigenvalue weighted by molar-refractivity contribution is 7.89. The fourth-order valence-electron chi connectivity index (χ4n) is 3.21. The van der Waals surface area contributed by atoms with Crippen LogP contribution in [0.15, 0.2) is 0 Å². The van der Waals surface area contributed by atoms with Crippen molar-refractivity contribution in [3.63, 3.8) is 0 Å². The summed E-state index contributed by atoms with van der Waals surface area (Å²) < 4.78 is 26.7. The summed E-state index contributed by atoms with van der Waals surface area (Å²) in [4.78, 5) is 2.46. The summed E-state index contributed by atoms with van der Waals surface area (Å²) in [5.41, 5.74) is 0. The molecule has 0 radical (unpaired) electrons. The summed E-state index contributed by atoms with van der Waals surface area (Å²) in [6, 6.07) is 0.507. The molecule has 0 spiro atoms. The summed E-state index contributed by atoms with van der Waals surface area (Å²) in [6.07, 6.45) is 3.60. The maximum atomic E-state index is 12.5. The van der Waals surface area contributed by atoms with Crippen molar-refractivity contribution < 1.29 is 8.42 Å². The molecule has 0 aromatic carbocycles. The molecule has 0 bridgehead atoms. The Morgan fingerprint density at radius 1 is 1.32 bits per heavy atom. The minimum absolute atomic E-state index is 0.0169. The van der Waals surface area contributed by atoms with Crippen molar-refractivity contribution in [3.05, 3.63) is 0 Å². The predicted molar refractivity (Wildman–Crippen MR) is 79.1 cm³/mol. The lowest BCUT2D eigenvalue weighted by Gasteiger charge is -2.46. The molecule has 2 heterocycles. The summed E-state index contributed by atoms with van der Waals surface area (Å²) >= 11 is 5.75. The van der Waals surface area contributed by atoms with Crippen LogP contribution in [-0.2, 0) is 10.0 Å². The van der Waals surface area contributed by atoms with Gasteiger partial charge in [-0.05, 0) is 32.2 Å². The third-order valence-electron chi connectivity index (χ3n) is 4.25. The number of hydrogen-bond acceptors (Lipinski definition) is 3. The molecule has 2 saturated heterocycles. The van der Waals surface area contributed by atoms with Crippen molar-refractivity contribution >= 4 is 21.6 Å². The van der Waals surface area contributed by atoms with E-state index < -0.39 is 10.0 Å². The van der Waals surface area contributed by atoms with Crippen LogP contribution in [0.3, 0.4) is 0 Å². The monoisotopic (exact) mass is 308 g/mol. The van der Waals surface area contributed by atoms with Gasteiger partial charge in [0.25, 0.3) is 0 Å². The highest BCUT2D eigenvalue weighted by atomic mass is 35.5. The van der Waals surface area contributed by atoms with E-state index in [1.54, 1.807) is 4.31 Å². The standard InChI is InChI=1S/C13H25ClN2O2S/c1-11(7-14)10-19(17,18)16-9-13-5-3-4-6-15(13)8-12(16)2/h11-13H,3-10H2,1-2H3. The van der Waals surface area contributed by atoms with Crippen LogP contribution in [0.5, 0.6) is 0 Å². The van der Waals surface area contributed by atoms with E-state index in [-0.39, 0.29) is 17.7 Å². The quantitative estimate of drug-likeness (QED) is 0.743. The number of hydrogen-bond donors (Lipinski definition) is 0. The second-order valence-electron chi connectivity index (χ2n) is 6.10. The van der Waals surface area contributed by atoms with Gasteiger partial charge in [0.1, 0.15) is 0 Å². The Morgan fingerprint density at radius 2 is 2.05 bits per heavy atom. The van der Waals surface area contributed by atoms with Gasteiger partial charge in [0.15, 0.2) is 0 Å². The van der Waals surface area contributed by atoms with Crippen LogP contribution in [0.2, 0.25) is 0 Å². The lowest BCUT2D eigenvalue weighted by Crippen LogP contribution is -2.60. The Balaban J connectivity index is 2.06. The van der Waals surface area contributed by atoms with Gasteiger partial charge >= 0.3 is 0 Å². The average molecular weight is 309 g/mol. The molecule has 6 heteroatoms. The number of sulfonamides is 1. The molecule has 0 aromatic heterocycles. The molecule has 0 saturated carbocycles. The van der Waals surface area contributed by atoms with Gasteiger partial charge < -0.3 is 0 Å². The molecule has 2 fully saturated rings. The molecule has 0 aliphatic carbocycles. The summed E-state index contributed by atoms with van der Waals surface area (Å²) in [7, 11) is -3.17. The second-order valence-corrected chi connectivity index (χ2v) is 8.38. The van der Waals surface area contributed by atoms with E-state index in [0.29, 0.717) is 18.5 Å². The second kappa shape index (κ2) is 6.29. The summed E-state index contributed by atoms with van der Waals surface area (Å²) in [5.74, 6) is 0.591. The number of alkyl halides is 1. The molecule has 3 atom stereocenters. The predicted octanol–water partition coefficient (Wildman–Crippen LogP) is 1.75. The minimum Gasteiger partial charge on any atom is -0.297 e. The number of piperazine rings is 1. The van der Waals surface area contributed by atoms with Crippen LogP contribution >= 0.6 is 11.6 Å². The van der Waals surface area contributed by atoms with Gasteiger partial charge in [0.2, 0.25) is 10.0 Å². The molecular formula is C13H25ClN2O2S. The molecular weight excluding hydrogens is 284 g/mol. The third-order valence-corrected chi connectivity index (χ3v) is 6.99. The Kier molecular flexibility index (Phi) is 5.15. The lowest BCUT2D eigenvalue weighted by molar-refractivity contribution is 0.0563. The zero-order chi connectivity index (χ0) is 14.0. The van der Waals surface area contributed by atoms with Crippen molar-refractivity contribution in [1.29, 1.82) is 0 Å². The number of nitrogens with zero attached hydrogens (tertiary/aromatic N) is 2. The Morgan fingerprint density at radius 3 is 2.74 bits per heavy atom. The molecule has 112 valence electrons. The van der Waals surface area contributed by atoms with Gasteiger partial charge in [0.05, 0.1) is 5.75 Å². The van der Waals surface area contributed by atoms with Crippen LogP contribution in [0.25, 0.3) is 0 Å². The number of halogens is 1. The first-order valence-electron chi connectivity index (χ1n) is 7.23. The zero-order valence-electron chi connectivity index (χ0n) is 11.9. The fourth-order valence-corrected chi connectivity index (χ4v) is 5.49. The molecule has 0 aromatic rings. The van der Waals surface area contributed by atoms with Crippen LogP contribution < -0.4 is 0 Å². The Bertz CT molecular complexity index is 401. The fraction of sp³-hybridized carbons (Fsp3) is 1.00. The Hall–Kier alpha value is 0.160. The highest BCUT2D eigenvalue weighted by Gasteiger charge is 2.38. The summed E-state index contributed by atoms with van der Waals surface area (Å²) in [6.45, 7) is 6.58. The average Bonchev–Trinajstić information content (AvgIpc) is 2.37. The third kappa shape index (κ3) is 3.63. The van der Waals surface area contributed by atoms with E-state index in [0.717, 1.165) is 19.5 Å². The lowest BCUT2D eigenvalue weighted by atomic mass is 9.99. The van der Waals surface area contributed by atoms with Crippen LogP contribution in [-0.4, -0.2) is 61.0 Å². The van der Waals surface area contributed by atoms with Crippen molar-refractivity contribution in [1.82, 2.24) is 9.21 Å². The first-order valence-corrected chi connectivity index (χ1v) is 9.38. The normalized spacial score (nSPS) is 31.9. The van der Waals surface area contributed by atoms with Crippen LogP contribution in [0.1, 0.15) is 33.1 Å². The van der Waals surface area contributed by atoms with Gasteiger partial charge in [-0.15, -0.1) is 11.6 Å². The van der Waals surface area contributed by atoms with E-state index in [1.165, 1.54) is 12.8 Å². The van der Waals surface area contributed by atoms with E-state index >= 15 is 0 Å². The van der Waals surface area contributed by atoms with E-state index in [2.05, 4.69) is 4.90 Å². The highest BCUT2D eigenvalue weighted by Crippen LogP contribution is 2.26. The first-order chi connectivity index (χ1) is 8.94. The smallest absolute Gasteiger partial charge is 0.214 e.